The summed E-state index contributed by atoms with van der Waals surface area (Å²) in [5.74, 6) is 0. The molecule has 0 heterocycles. The first kappa shape index (κ1) is 22.6. The first-order valence-electron chi connectivity index (χ1n) is 0.730. The van der Waals surface area contributed by atoms with Gasteiger partial charge in [0.05, 0.1) is 0 Å². The zero-order valence-electron chi connectivity index (χ0n) is 3.81. The van der Waals surface area contributed by atoms with Crippen LogP contribution in [0.15, 0.2) is 0 Å². The van der Waals surface area contributed by atoms with Crippen molar-refractivity contribution < 1.29 is 72.2 Å². The Kier molecular flexibility index (Phi) is 24.7. The van der Waals surface area contributed by atoms with E-state index in [0.29, 0.717) is 0 Å². The number of hydrogen-bond donors (Lipinski definition) is 0. The topological polar surface area (TPSA) is 86.2 Å². The smallest absolute Gasteiger partial charge is 0.822 e. The van der Waals surface area contributed by atoms with Crippen molar-refractivity contribution in [3.8, 4) is 0 Å². The van der Waals surface area contributed by atoms with Gasteiger partial charge in [-0.2, -0.15) is 7.82 Å². The number of rotatable bonds is 0. The molecule has 45 valence electrons. The number of phosphoric acid groups is 1. The van der Waals surface area contributed by atoms with E-state index in [4.69, 9.17) is 19.2 Å². The van der Waals surface area contributed by atoms with E-state index in [9.17, 15) is 0 Å². The molecule has 0 bridgehead atoms. The van der Waals surface area contributed by atoms with Gasteiger partial charge in [-0.25, -0.2) is 0 Å². The molecule has 0 saturated heterocycles. The average molecular weight is 213 g/mol. The fraction of sp³-hybridized carbons (Fsp3) is 0. The molecule has 0 aliphatic heterocycles. The van der Waals surface area contributed by atoms with Crippen molar-refractivity contribution in [3.05, 3.63) is 0 Å². The summed E-state index contributed by atoms with van der Waals surface area (Å²) in [5.41, 5.74) is 0. The zero-order chi connectivity index (χ0) is 4.50. The SMILES string of the molecule is O=P([O-])([O-])[O-].[Fe].[Li+].[Mn+2]. The van der Waals surface area contributed by atoms with Gasteiger partial charge in [-0.3, -0.25) is 0 Å². The van der Waals surface area contributed by atoms with Crippen molar-refractivity contribution in [2.24, 2.45) is 0 Å². The molecule has 0 saturated carbocycles. The zero-order valence-corrected chi connectivity index (χ0v) is 6.99. The molecule has 0 amide bonds. The number of hydrogen-bond acceptors (Lipinski definition) is 4. The molecule has 0 aromatic carbocycles. The summed E-state index contributed by atoms with van der Waals surface area (Å²) in [4.78, 5) is 25.6. The van der Waals surface area contributed by atoms with Crippen LogP contribution in [0.2, 0.25) is 0 Å². The van der Waals surface area contributed by atoms with Gasteiger partial charge in [-0.1, -0.05) is 0 Å². The Morgan fingerprint density at radius 3 is 1.12 bits per heavy atom. The molecule has 0 fully saturated rings. The van der Waals surface area contributed by atoms with E-state index in [2.05, 4.69) is 0 Å². The molecule has 0 aromatic rings. The first-order chi connectivity index (χ1) is 2.00. The fourth-order valence-electron chi connectivity index (χ4n) is 0. The van der Waals surface area contributed by atoms with Crippen LogP contribution in [0, 0.1) is 0 Å². The van der Waals surface area contributed by atoms with Crippen LogP contribution in [0.3, 0.4) is 0 Å². The van der Waals surface area contributed by atoms with Crippen LogP contribution in [-0.2, 0) is 38.7 Å². The molecule has 8 heteroatoms. The monoisotopic (exact) mass is 213 g/mol. The molecule has 0 spiro atoms. The Morgan fingerprint density at radius 1 is 1.12 bits per heavy atom. The largest absolute Gasteiger partial charge is 2.00 e. The third kappa shape index (κ3) is 116. The third-order valence-corrected chi connectivity index (χ3v) is 0. The van der Waals surface area contributed by atoms with Gasteiger partial charge in [0.2, 0.25) is 0 Å². The van der Waals surface area contributed by atoms with Crippen LogP contribution >= 0.6 is 7.82 Å². The molecule has 0 rings (SSSR count). The van der Waals surface area contributed by atoms with Gasteiger partial charge in [0, 0.05) is 17.1 Å². The van der Waals surface area contributed by atoms with Crippen molar-refractivity contribution >= 4 is 7.82 Å². The minimum Gasteiger partial charge on any atom is -0.822 e. The maximum Gasteiger partial charge on any atom is 2.00 e. The molecule has 0 unspecified atom stereocenters. The van der Waals surface area contributed by atoms with Crippen molar-refractivity contribution in [1.82, 2.24) is 0 Å². The summed E-state index contributed by atoms with van der Waals surface area (Å²) < 4.78 is 8.55. The second kappa shape index (κ2) is 8.75. The molecule has 0 aliphatic carbocycles. The van der Waals surface area contributed by atoms with Crippen LogP contribution in [0.5, 0.6) is 0 Å². The Morgan fingerprint density at radius 2 is 1.12 bits per heavy atom. The van der Waals surface area contributed by atoms with E-state index in [1.54, 1.807) is 0 Å². The molecule has 4 nitrogen and oxygen atoms in total. The van der Waals surface area contributed by atoms with E-state index >= 15 is 0 Å². The average Bonchev–Trinajstić information content (AvgIpc) is 0.722. The fourth-order valence-corrected chi connectivity index (χ4v) is 0. The standard InChI is InChI=1S/Fe.Li.Mn.H3O4P/c;;;1-5(2,3)4/h;;;(H3,1,2,3,4)/q;+1;+2;/p-3. The van der Waals surface area contributed by atoms with Crippen molar-refractivity contribution in [2.75, 3.05) is 0 Å². The summed E-state index contributed by atoms with van der Waals surface area (Å²) >= 11 is 0. The molecule has 0 atom stereocenters. The molecule has 0 N–H and O–H groups in total. The summed E-state index contributed by atoms with van der Waals surface area (Å²) in [5, 5.41) is 0. The van der Waals surface area contributed by atoms with Gasteiger partial charge >= 0.3 is 35.9 Å². The van der Waals surface area contributed by atoms with Crippen LogP contribution in [0.25, 0.3) is 0 Å². The third-order valence-electron chi connectivity index (χ3n) is 0. The molecular formula is FeLiMnO4P. The quantitative estimate of drug-likeness (QED) is 0.296. The Bertz CT molecular complexity index is 62.2. The predicted molar refractivity (Wildman–Crippen MR) is 7.61 cm³/mol. The van der Waals surface area contributed by atoms with Crippen molar-refractivity contribution in [3.63, 3.8) is 0 Å². The second-order valence-corrected chi connectivity index (χ2v) is 1.34. The summed E-state index contributed by atoms with van der Waals surface area (Å²) in [6.07, 6.45) is 0. The molecule has 1 radical (unpaired) electrons. The summed E-state index contributed by atoms with van der Waals surface area (Å²) in [7, 11) is -5.39. The van der Waals surface area contributed by atoms with Crippen LogP contribution < -0.4 is 33.5 Å². The maximum absolute atomic E-state index is 8.55. The molecule has 8 heavy (non-hydrogen) atoms. The summed E-state index contributed by atoms with van der Waals surface area (Å²) in [6, 6.07) is 0. The van der Waals surface area contributed by atoms with E-state index in [1.165, 1.54) is 0 Å². The predicted octanol–water partition coefficient (Wildman–Crippen LogP) is -5.83. The Balaban J connectivity index is -0.0000000267. The maximum atomic E-state index is 8.55. The van der Waals surface area contributed by atoms with Crippen LogP contribution in [0.4, 0.5) is 0 Å². The van der Waals surface area contributed by atoms with E-state index in [1.807, 2.05) is 0 Å². The molecular weight excluding hydrogens is 213 g/mol. The second-order valence-electron chi connectivity index (χ2n) is 0.447. The first-order valence-corrected chi connectivity index (χ1v) is 2.19. The van der Waals surface area contributed by atoms with E-state index in [0.717, 1.165) is 0 Å². The van der Waals surface area contributed by atoms with Gasteiger partial charge in [-0.05, 0) is 0 Å². The molecule has 0 aromatic heterocycles. The van der Waals surface area contributed by atoms with Gasteiger partial charge in [-0.15, -0.1) is 0 Å². The van der Waals surface area contributed by atoms with Crippen molar-refractivity contribution in [2.45, 2.75) is 0 Å². The summed E-state index contributed by atoms with van der Waals surface area (Å²) in [6.45, 7) is 0. The molecule has 0 aliphatic rings. The van der Waals surface area contributed by atoms with Gasteiger partial charge in [0.1, 0.15) is 0 Å². The van der Waals surface area contributed by atoms with Crippen molar-refractivity contribution in [1.29, 1.82) is 0 Å². The Labute approximate surface area is 79.8 Å². The van der Waals surface area contributed by atoms with Crippen LogP contribution in [0.1, 0.15) is 0 Å². The van der Waals surface area contributed by atoms with Gasteiger partial charge < -0.3 is 19.2 Å². The van der Waals surface area contributed by atoms with Gasteiger partial charge in [0.25, 0.3) is 0 Å². The van der Waals surface area contributed by atoms with Gasteiger partial charge in [0.15, 0.2) is 0 Å². The van der Waals surface area contributed by atoms with E-state index in [-0.39, 0.29) is 53.0 Å². The van der Waals surface area contributed by atoms with E-state index < -0.39 is 7.82 Å². The minimum atomic E-state index is -5.39. The van der Waals surface area contributed by atoms with Crippen LogP contribution in [-0.4, -0.2) is 0 Å². The minimum absolute atomic E-state index is 0. The normalized spacial score (nSPS) is 7.38. The Hall–Kier alpha value is 1.75.